The highest BCUT2D eigenvalue weighted by molar-refractivity contribution is 5.91. The lowest BCUT2D eigenvalue weighted by atomic mass is 10.1. The molecule has 0 heterocycles. The molecule has 0 saturated carbocycles. The van der Waals surface area contributed by atoms with Crippen molar-refractivity contribution < 1.29 is 19.2 Å². The first-order valence-corrected chi connectivity index (χ1v) is 5.52. The minimum atomic E-state index is -1.49. The van der Waals surface area contributed by atoms with Crippen LogP contribution in [0.3, 0.4) is 0 Å². The molecule has 0 radical (unpaired) electrons. The van der Waals surface area contributed by atoms with Gasteiger partial charge in [0.05, 0.1) is 16.6 Å². The van der Waals surface area contributed by atoms with E-state index in [9.17, 15) is 19.3 Å². The molecule has 0 atom stereocenters. The molecule has 0 saturated heterocycles. The SMILES string of the molecule is O=C(O)c1cc(Nc2ccccc2)c([N+](=O)[O-])cc1F. The van der Waals surface area contributed by atoms with Crippen LogP contribution in [-0.4, -0.2) is 16.0 Å². The van der Waals surface area contributed by atoms with Gasteiger partial charge in [-0.25, -0.2) is 9.18 Å². The smallest absolute Gasteiger partial charge is 0.338 e. The summed E-state index contributed by atoms with van der Waals surface area (Å²) in [6.45, 7) is 0. The van der Waals surface area contributed by atoms with Crippen molar-refractivity contribution >= 4 is 23.0 Å². The van der Waals surface area contributed by atoms with Crippen molar-refractivity contribution in [1.29, 1.82) is 0 Å². The zero-order valence-electron chi connectivity index (χ0n) is 10.0. The fourth-order valence-electron chi connectivity index (χ4n) is 1.65. The average molecular weight is 276 g/mol. The Kier molecular flexibility index (Phi) is 3.60. The van der Waals surface area contributed by atoms with Crippen LogP contribution in [0, 0.1) is 15.9 Å². The minimum Gasteiger partial charge on any atom is -0.478 e. The third-order valence-electron chi connectivity index (χ3n) is 2.57. The summed E-state index contributed by atoms with van der Waals surface area (Å²) in [6.07, 6.45) is 0. The van der Waals surface area contributed by atoms with E-state index in [-0.39, 0.29) is 5.69 Å². The molecule has 0 bridgehead atoms. The number of hydrogen-bond acceptors (Lipinski definition) is 4. The summed E-state index contributed by atoms with van der Waals surface area (Å²) in [5, 5.41) is 22.4. The van der Waals surface area contributed by atoms with Crippen LogP contribution in [0.4, 0.5) is 21.5 Å². The second-order valence-electron chi connectivity index (χ2n) is 3.90. The zero-order chi connectivity index (χ0) is 14.7. The van der Waals surface area contributed by atoms with E-state index < -0.39 is 28.0 Å². The Bertz CT molecular complexity index is 674. The van der Waals surface area contributed by atoms with Crippen LogP contribution in [0.5, 0.6) is 0 Å². The van der Waals surface area contributed by atoms with Gasteiger partial charge in [-0.15, -0.1) is 0 Å². The van der Waals surface area contributed by atoms with Crippen molar-refractivity contribution in [2.45, 2.75) is 0 Å². The number of nitro benzene ring substituents is 1. The number of nitrogens with zero attached hydrogens (tertiary/aromatic N) is 1. The largest absolute Gasteiger partial charge is 0.478 e. The quantitative estimate of drug-likeness (QED) is 0.660. The van der Waals surface area contributed by atoms with Gasteiger partial charge in [-0.3, -0.25) is 10.1 Å². The van der Waals surface area contributed by atoms with Gasteiger partial charge in [0.25, 0.3) is 5.69 Å². The average Bonchev–Trinajstić information content (AvgIpc) is 2.41. The van der Waals surface area contributed by atoms with Crippen LogP contribution in [-0.2, 0) is 0 Å². The van der Waals surface area contributed by atoms with Crippen molar-refractivity contribution in [1.82, 2.24) is 0 Å². The molecule has 2 rings (SSSR count). The second kappa shape index (κ2) is 5.35. The number of nitro groups is 1. The van der Waals surface area contributed by atoms with Gasteiger partial charge < -0.3 is 10.4 Å². The van der Waals surface area contributed by atoms with E-state index in [2.05, 4.69) is 5.32 Å². The van der Waals surface area contributed by atoms with E-state index in [1.807, 2.05) is 0 Å². The highest BCUT2D eigenvalue weighted by Crippen LogP contribution is 2.30. The van der Waals surface area contributed by atoms with Crippen LogP contribution in [0.2, 0.25) is 0 Å². The van der Waals surface area contributed by atoms with Gasteiger partial charge in [0, 0.05) is 5.69 Å². The molecule has 2 aromatic rings. The second-order valence-corrected chi connectivity index (χ2v) is 3.90. The van der Waals surface area contributed by atoms with Gasteiger partial charge in [-0.2, -0.15) is 0 Å². The number of aromatic carboxylic acids is 1. The molecule has 0 unspecified atom stereocenters. The molecule has 0 aliphatic carbocycles. The van der Waals surface area contributed by atoms with Gasteiger partial charge >= 0.3 is 5.97 Å². The van der Waals surface area contributed by atoms with Crippen molar-refractivity contribution in [3.05, 3.63) is 64.0 Å². The Labute approximate surface area is 112 Å². The summed E-state index contributed by atoms with van der Waals surface area (Å²) < 4.78 is 13.5. The van der Waals surface area contributed by atoms with E-state index >= 15 is 0 Å². The summed E-state index contributed by atoms with van der Waals surface area (Å²) in [5.41, 5.74) is -0.719. The molecule has 0 aliphatic rings. The number of para-hydroxylation sites is 1. The maximum absolute atomic E-state index is 13.5. The Morgan fingerprint density at radius 1 is 1.25 bits per heavy atom. The molecule has 0 aliphatic heterocycles. The first-order valence-electron chi connectivity index (χ1n) is 5.52. The number of nitrogens with one attached hydrogen (secondary N) is 1. The van der Waals surface area contributed by atoms with Crippen LogP contribution < -0.4 is 5.32 Å². The number of anilines is 2. The summed E-state index contributed by atoms with van der Waals surface area (Å²) in [6, 6.07) is 9.96. The summed E-state index contributed by atoms with van der Waals surface area (Å²) in [7, 11) is 0. The standard InChI is InChI=1S/C13H9FN2O4/c14-10-7-12(16(19)20)11(6-9(10)13(17)18)15-8-4-2-1-3-5-8/h1-7,15H,(H,17,18). The number of carbonyl (C=O) groups is 1. The maximum atomic E-state index is 13.5. The number of hydrogen-bond donors (Lipinski definition) is 2. The van der Waals surface area contributed by atoms with Gasteiger partial charge in [0.15, 0.2) is 0 Å². The molecule has 2 N–H and O–H groups in total. The van der Waals surface area contributed by atoms with E-state index in [1.165, 1.54) is 0 Å². The van der Waals surface area contributed by atoms with Crippen molar-refractivity contribution in [2.75, 3.05) is 5.32 Å². The maximum Gasteiger partial charge on any atom is 0.338 e. The number of halogens is 1. The first kappa shape index (κ1) is 13.5. The lowest BCUT2D eigenvalue weighted by Crippen LogP contribution is -2.05. The van der Waals surface area contributed by atoms with Crippen LogP contribution in [0.1, 0.15) is 10.4 Å². The van der Waals surface area contributed by atoms with Crippen LogP contribution >= 0.6 is 0 Å². The monoisotopic (exact) mass is 276 g/mol. The molecule has 0 amide bonds. The summed E-state index contributed by atoms with van der Waals surface area (Å²) in [4.78, 5) is 21.0. The third kappa shape index (κ3) is 2.72. The highest BCUT2D eigenvalue weighted by Gasteiger charge is 2.21. The number of carboxylic acid groups (broad SMARTS) is 1. The van der Waals surface area contributed by atoms with Crippen LogP contribution in [0.25, 0.3) is 0 Å². The first-order chi connectivity index (χ1) is 9.49. The molecule has 2 aromatic carbocycles. The van der Waals surface area contributed by atoms with Gasteiger partial charge in [-0.1, -0.05) is 18.2 Å². The molecule has 0 fully saturated rings. The summed E-state index contributed by atoms with van der Waals surface area (Å²) >= 11 is 0. The molecule has 0 spiro atoms. The Hall–Kier alpha value is -2.96. The van der Waals surface area contributed by atoms with Crippen molar-refractivity contribution in [3.63, 3.8) is 0 Å². The molecule has 6 nitrogen and oxygen atoms in total. The molecule has 102 valence electrons. The highest BCUT2D eigenvalue weighted by atomic mass is 19.1. The fraction of sp³-hybridized carbons (Fsp3) is 0. The Morgan fingerprint density at radius 3 is 2.45 bits per heavy atom. The Morgan fingerprint density at radius 2 is 1.90 bits per heavy atom. The minimum absolute atomic E-state index is 0.0833. The Balaban J connectivity index is 2.51. The number of rotatable bonds is 4. The molecular formula is C13H9FN2O4. The van der Waals surface area contributed by atoms with Gasteiger partial charge in [-0.05, 0) is 18.2 Å². The van der Waals surface area contributed by atoms with Crippen LogP contribution in [0.15, 0.2) is 42.5 Å². The molecular weight excluding hydrogens is 267 g/mol. The molecule has 20 heavy (non-hydrogen) atoms. The van der Waals surface area contributed by atoms with Gasteiger partial charge in [0.1, 0.15) is 11.5 Å². The van der Waals surface area contributed by atoms with E-state index in [0.29, 0.717) is 11.8 Å². The van der Waals surface area contributed by atoms with Crippen molar-refractivity contribution in [3.8, 4) is 0 Å². The van der Waals surface area contributed by atoms with Crippen molar-refractivity contribution in [2.24, 2.45) is 0 Å². The topological polar surface area (TPSA) is 92.5 Å². The normalized spacial score (nSPS) is 10.1. The van der Waals surface area contributed by atoms with E-state index in [0.717, 1.165) is 6.07 Å². The summed E-state index contributed by atoms with van der Waals surface area (Å²) in [5.74, 6) is -2.64. The number of benzene rings is 2. The fourth-order valence-corrected chi connectivity index (χ4v) is 1.65. The molecule has 7 heteroatoms. The molecule has 0 aromatic heterocycles. The van der Waals surface area contributed by atoms with E-state index in [4.69, 9.17) is 5.11 Å². The van der Waals surface area contributed by atoms with E-state index in [1.54, 1.807) is 30.3 Å². The zero-order valence-corrected chi connectivity index (χ0v) is 10.0. The predicted molar refractivity (Wildman–Crippen MR) is 69.7 cm³/mol. The number of carboxylic acids is 1. The third-order valence-corrected chi connectivity index (χ3v) is 2.57. The lowest BCUT2D eigenvalue weighted by molar-refractivity contribution is -0.384. The lowest BCUT2D eigenvalue weighted by Gasteiger charge is -2.08. The predicted octanol–water partition coefficient (Wildman–Crippen LogP) is 3.18. The van der Waals surface area contributed by atoms with Gasteiger partial charge in [0.2, 0.25) is 0 Å².